The highest BCUT2D eigenvalue weighted by Crippen LogP contribution is 2.03. The summed E-state index contributed by atoms with van der Waals surface area (Å²) in [6.07, 6.45) is 2.65. The number of ether oxygens (including phenoxy) is 1. The first kappa shape index (κ1) is 12.4. The van der Waals surface area contributed by atoms with Gasteiger partial charge >= 0.3 is 5.97 Å². The summed E-state index contributed by atoms with van der Waals surface area (Å²) in [7, 11) is 0. The molecule has 0 aliphatic carbocycles. The molecule has 0 saturated heterocycles. The minimum absolute atomic E-state index is 0.232. The fraction of sp³-hybridized carbons (Fsp3) is 0.308. The number of alkyl halides is 1. The van der Waals surface area contributed by atoms with Crippen LogP contribution in [0.15, 0.2) is 42.5 Å². The Labute approximate surface area is 94.7 Å². The monoisotopic (exact) mass is 222 g/mol. The third kappa shape index (κ3) is 4.26. The van der Waals surface area contributed by atoms with Crippen molar-refractivity contribution in [1.82, 2.24) is 0 Å². The normalized spacial score (nSPS) is 12.6. The smallest absolute Gasteiger partial charge is 0.338 e. The first-order valence-electron chi connectivity index (χ1n) is 5.27. The van der Waals surface area contributed by atoms with Crippen molar-refractivity contribution in [3.8, 4) is 0 Å². The number of benzene rings is 1. The van der Waals surface area contributed by atoms with Crippen molar-refractivity contribution in [2.45, 2.75) is 19.5 Å². The predicted molar refractivity (Wildman–Crippen MR) is 61.1 cm³/mol. The van der Waals surface area contributed by atoms with Crippen LogP contribution in [-0.4, -0.2) is 18.7 Å². The number of esters is 1. The van der Waals surface area contributed by atoms with Gasteiger partial charge in [0.25, 0.3) is 0 Å². The molecule has 0 saturated carbocycles. The number of hydrogen-bond donors (Lipinski definition) is 0. The van der Waals surface area contributed by atoms with E-state index in [1.54, 1.807) is 36.4 Å². The summed E-state index contributed by atoms with van der Waals surface area (Å²) in [5, 5.41) is 0. The van der Waals surface area contributed by atoms with Crippen LogP contribution in [0.3, 0.4) is 0 Å². The minimum Gasteiger partial charge on any atom is -0.459 e. The van der Waals surface area contributed by atoms with Gasteiger partial charge in [-0.25, -0.2) is 9.18 Å². The number of allylic oxidation sites excluding steroid dienone is 1. The number of hydrogen-bond acceptors (Lipinski definition) is 2. The van der Waals surface area contributed by atoms with Crippen LogP contribution >= 0.6 is 0 Å². The summed E-state index contributed by atoms with van der Waals surface area (Å²) < 4.78 is 17.9. The number of carbonyl (C=O) groups excluding carboxylic acids is 1. The zero-order valence-electron chi connectivity index (χ0n) is 9.23. The molecule has 0 amide bonds. The molecular formula is C13H15FO2. The highest BCUT2D eigenvalue weighted by molar-refractivity contribution is 5.89. The molecule has 0 aliphatic heterocycles. The van der Waals surface area contributed by atoms with Gasteiger partial charge in [-0.1, -0.05) is 37.3 Å². The Bertz CT molecular complexity index is 346. The third-order valence-corrected chi connectivity index (χ3v) is 1.96. The van der Waals surface area contributed by atoms with E-state index in [1.165, 1.54) is 6.08 Å². The molecular weight excluding hydrogens is 207 g/mol. The summed E-state index contributed by atoms with van der Waals surface area (Å²) in [6.45, 7) is 1.68. The van der Waals surface area contributed by atoms with Crippen molar-refractivity contribution >= 4 is 5.97 Å². The van der Waals surface area contributed by atoms with Crippen LogP contribution in [0.2, 0.25) is 0 Å². The zero-order valence-corrected chi connectivity index (χ0v) is 9.23. The Hall–Kier alpha value is -1.64. The van der Waals surface area contributed by atoms with Gasteiger partial charge in [-0.15, -0.1) is 0 Å². The zero-order chi connectivity index (χ0) is 11.8. The Morgan fingerprint density at radius 1 is 1.44 bits per heavy atom. The largest absolute Gasteiger partial charge is 0.459 e. The van der Waals surface area contributed by atoms with Crippen LogP contribution in [0, 0.1) is 0 Å². The van der Waals surface area contributed by atoms with Crippen LogP contribution in [0.5, 0.6) is 0 Å². The summed E-state index contributed by atoms with van der Waals surface area (Å²) >= 11 is 0. The van der Waals surface area contributed by atoms with Crippen molar-refractivity contribution in [2.75, 3.05) is 6.61 Å². The van der Waals surface area contributed by atoms with Crippen LogP contribution in [0.4, 0.5) is 4.39 Å². The molecule has 1 rings (SSSR count). The molecule has 0 N–H and O–H groups in total. The second-order valence-corrected chi connectivity index (χ2v) is 3.32. The molecule has 16 heavy (non-hydrogen) atoms. The molecule has 0 bridgehead atoms. The predicted octanol–water partition coefficient (Wildman–Crippen LogP) is 3.15. The fourth-order valence-electron chi connectivity index (χ4n) is 1.15. The van der Waals surface area contributed by atoms with E-state index in [0.29, 0.717) is 5.56 Å². The highest BCUT2D eigenvalue weighted by atomic mass is 19.1. The molecule has 1 aromatic carbocycles. The Balaban J connectivity index is 2.39. The van der Waals surface area contributed by atoms with Crippen molar-refractivity contribution in [2.24, 2.45) is 0 Å². The molecule has 1 unspecified atom stereocenters. The molecule has 0 fully saturated rings. The van der Waals surface area contributed by atoms with Gasteiger partial charge in [0, 0.05) is 0 Å². The Kier molecular flexibility index (Phi) is 5.26. The van der Waals surface area contributed by atoms with E-state index in [2.05, 4.69) is 0 Å². The van der Waals surface area contributed by atoms with Gasteiger partial charge < -0.3 is 4.74 Å². The van der Waals surface area contributed by atoms with E-state index in [-0.39, 0.29) is 6.61 Å². The molecule has 3 heteroatoms. The van der Waals surface area contributed by atoms with Gasteiger partial charge in [-0.2, -0.15) is 0 Å². The molecule has 0 aromatic heterocycles. The molecule has 0 aliphatic rings. The lowest BCUT2D eigenvalue weighted by molar-refractivity contribution is 0.0437. The molecule has 0 radical (unpaired) electrons. The summed E-state index contributed by atoms with van der Waals surface area (Å²) in [4.78, 5) is 11.4. The SMILES string of the molecule is CC/C=C/C(F)COC(=O)c1ccccc1. The third-order valence-electron chi connectivity index (χ3n) is 1.96. The molecule has 0 heterocycles. The lowest BCUT2D eigenvalue weighted by Gasteiger charge is -2.05. The van der Waals surface area contributed by atoms with Crippen LogP contribution in [0.1, 0.15) is 23.7 Å². The van der Waals surface area contributed by atoms with Gasteiger partial charge in [0.1, 0.15) is 6.61 Å². The van der Waals surface area contributed by atoms with Crippen molar-refractivity contribution in [1.29, 1.82) is 0 Å². The molecule has 0 spiro atoms. The van der Waals surface area contributed by atoms with Gasteiger partial charge in [0.2, 0.25) is 0 Å². The maximum atomic E-state index is 13.1. The standard InChI is InChI=1S/C13H15FO2/c1-2-3-9-12(14)10-16-13(15)11-7-5-4-6-8-11/h3-9,12H,2,10H2,1H3/b9-3+. The molecule has 86 valence electrons. The van der Waals surface area contributed by atoms with E-state index < -0.39 is 12.1 Å². The molecule has 1 atom stereocenters. The number of carbonyl (C=O) groups is 1. The van der Waals surface area contributed by atoms with E-state index in [9.17, 15) is 9.18 Å². The van der Waals surface area contributed by atoms with E-state index in [4.69, 9.17) is 4.74 Å². The second kappa shape index (κ2) is 6.77. The van der Waals surface area contributed by atoms with Gasteiger partial charge in [0.05, 0.1) is 5.56 Å². The van der Waals surface area contributed by atoms with E-state index in [1.807, 2.05) is 6.92 Å². The fourth-order valence-corrected chi connectivity index (χ4v) is 1.15. The van der Waals surface area contributed by atoms with Crippen LogP contribution in [0.25, 0.3) is 0 Å². The van der Waals surface area contributed by atoms with Gasteiger partial charge in [-0.3, -0.25) is 0 Å². The second-order valence-electron chi connectivity index (χ2n) is 3.32. The summed E-state index contributed by atoms with van der Waals surface area (Å²) in [5.41, 5.74) is 0.439. The minimum atomic E-state index is -1.23. The summed E-state index contributed by atoms with van der Waals surface area (Å²) in [5.74, 6) is -0.492. The van der Waals surface area contributed by atoms with Crippen LogP contribution in [-0.2, 0) is 4.74 Å². The molecule has 2 nitrogen and oxygen atoms in total. The Morgan fingerprint density at radius 3 is 2.75 bits per heavy atom. The number of rotatable bonds is 5. The maximum absolute atomic E-state index is 13.1. The van der Waals surface area contributed by atoms with Crippen molar-refractivity contribution in [3.05, 3.63) is 48.0 Å². The van der Waals surface area contributed by atoms with E-state index in [0.717, 1.165) is 6.42 Å². The maximum Gasteiger partial charge on any atom is 0.338 e. The van der Waals surface area contributed by atoms with E-state index >= 15 is 0 Å². The average molecular weight is 222 g/mol. The van der Waals surface area contributed by atoms with Crippen LogP contribution < -0.4 is 0 Å². The first-order valence-corrected chi connectivity index (χ1v) is 5.27. The highest BCUT2D eigenvalue weighted by Gasteiger charge is 2.09. The van der Waals surface area contributed by atoms with Gasteiger partial charge in [0.15, 0.2) is 6.17 Å². The average Bonchev–Trinajstić information content (AvgIpc) is 2.34. The van der Waals surface area contributed by atoms with Crippen molar-refractivity contribution < 1.29 is 13.9 Å². The lowest BCUT2D eigenvalue weighted by Crippen LogP contribution is -2.13. The topological polar surface area (TPSA) is 26.3 Å². The first-order chi connectivity index (χ1) is 7.74. The summed E-state index contributed by atoms with van der Waals surface area (Å²) in [6, 6.07) is 8.55. The molecule has 1 aromatic rings. The van der Waals surface area contributed by atoms with Gasteiger partial charge in [-0.05, 0) is 18.6 Å². The quantitative estimate of drug-likeness (QED) is 0.565. The lowest BCUT2D eigenvalue weighted by atomic mass is 10.2. The van der Waals surface area contributed by atoms with Crippen molar-refractivity contribution in [3.63, 3.8) is 0 Å². The number of halogens is 1. The Morgan fingerprint density at radius 2 is 2.12 bits per heavy atom.